The van der Waals surface area contributed by atoms with Crippen molar-refractivity contribution in [3.05, 3.63) is 24.3 Å². The van der Waals surface area contributed by atoms with Crippen LogP contribution < -0.4 is 0 Å². The van der Waals surface area contributed by atoms with Gasteiger partial charge in [0.1, 0.15) is 0 Å². The van der Waals surface area contributed by atoms with Crippen molar-refractivity contribution in [3.8, 4) is 0 Å². The maximum atomic E-state index is 11.9. The van der Waals surface area contributed by atoms with Crippen LogP contribution in [0.1, 0.15) is 0 Å². The first-order valence-electron chi connectivity index (χ1n) is 6.27. The minimum Gasteiger partial charge on any atom is -0.378 e. The highest BCUT2D eigenvalue weighted by Gasteiger charge is 2.16. The van der Waals surface area contributed by atoms with Gasteiger partial charge in [0.15, 0.2) is 0 Å². The van der Waals surface area contributed by atoms with Crippen LogP contribution in [0.15, 0.2) is 39.5 Å². The average Bonchev–Trinajstić information content (AvgIpc) is 2.46. The lowest BCUT2D eigenvalue weighted by molar-refractivity contribution is 0.0353. The van der Waals surface area contributed by atoms with Crippen molar-refractivity contribution in [1.29, 1.82) is 0 Å². The van der Waals surface area contributed by atoms with E-state index in [4.69, 9.17) is 4.74 Å². The standard InChI is InChI=1S/C12H18N4O3S/c1-15(2)20(17,18)12-5-3-11(4-6-12)13-14-16-7-9-19-10-8-16/h3-6H,7-10H2,1-2H3. The van der Waals surface area contributed by atoms with Crippen LogP contribution in [-0.4, -0.2) is 58.1 Å². The molecule has 0 radical (unpaired) electrons. The maximum Gasteiger partial charge on any atom is 0.242 e. The zero-order valence-electron chi connectivity index (χ0n) is 11.6. The van der Waals surface area contributed by atoms with Crippen LogP contribution in [0, 0.1) is 0 Å². The van der Waals surface area contributed by atoms with Gasteiger partial charge in [0.2, 0.25) is 10.0 Å². The van der Waals surface area contributed by atoms with E-state index in [0.29, 0.717) is 18.9 Å². The van der Waals surface area contributed by atoms with E-state index in [9.17, 15) is 8.42 Å². The molecule has 1 heterocycles. The van der Waals surface area contributed by atoms with E-state index < -0.39 is 10.0 Å². The molecular formula is C12H18N4O3S. The number of sulfonamides is 1. The molecule has 0 aliphatic carbocycles. The summed E-state index contributed by atoms with van der Waals surface area (Å²) < 4.78 is 30.2. The summed E-state index contributed by atoms with van der Waals surface area (Å²) in [5.41, 5.74) is 0.620. The average molecular weight is 298 g/mol. The largest absolute Gasteiger partial charge is 0.378 e. The van der Waals surface area contributed by atoms with Gasteiger partial charge in [0.05, 0.1) is 36.9 Å². The molecule has 0 N–H and O–H groups in total. The Bertz CT molecular complexity index is 563. The highest BCUT2D eigenvalue weighted by atomic mass is 32.2. The molecule has 1 aliphatic heterocycles. The molecule has 1 aromatic carbocycles. The third-order valence-electron chi connectivity index (χ3n) is 2.89. The number of hydrogen-bond acceptors (Lipinski definition) is 5. The molecule has 7 nitrogen and oxygen atoms in total. The van der Waals surface area contributed by atoms with Crippen molar-refractivity contribution in [2.45, 2.75) is 4.90 Å². The lowest BCUT2D eigenvalue weighted by atomic mass is 10.3. The van der Waals surface area contributed by atoms with Crippen LogP contribution in [0.4, 0.5) is 5.69 Å². The van der Waals surface area contributed by atoms with Gasteiger partial charge in [-0.05, 0) is 24.3 Å². The Hall–Kier alpha value is -1.51. The number of nitrogens with zero attached hydrogens (tertiary/aromatic N) is 4. The van der Waals surface area contributed by atoms with Crippen molar-refractivity contribution >= 4 is 15.7 Å². The van der Waals surface area contributed by atoms with Gasteiger partial charge < -0.3 is 4.74 Å². The molecule has 1 fully saturated rings. The summed E-state index contributed by atoms with van der Waals surface area (Å²) in [5.74, 6) is 0. The lowest BCUT2D eigenvalue weighted by Gasteiger charge is -2.22. The van der Waals surface area contributed by atoms with E-state index in [-0.39, 0.29) is 4.90 Å². The van der Waals surface area contributed by atoms with Gasteiger partial charge in [-0.2, -0.15) is 0 Å². The van der Waals surface area contributed by atoms with Gasteiger partial charge in [0, 0.05) is 14.1 Å². The van der Waals surface area contributed by atoms with E-state index in [1.807, 2.05) is 5.01 Å². The van der Waals surface area contributed by atoms with Crippen molar-refractivity contribution in [2.24, 2.45) is 10.3 Å². The molecule has 0 unspecified atom stereocenters. The van der Waals surface area contributed by atoms with Crippen LogP contribution in [0.5, 0.6) is 0 Å². The van der Waals surface area contributed by atoms with E-state index >= 15 is 0 Å². The van der Waals surface area contributed by atoms with Crippen LogP contribution >= 0.6 is 0 Å². The van der Waals surface area contributed by atoms with Crippen molar-refractivity contribution in [2.75, 3.05) is 40.4 Å². The number of morpholine rings is 1. The summed E-state index contributed by atoms with van der Waals surface area (Å²) in [6.07, 6.45) is 0. The van der Waals surface area contributed by atoms with Crippen molar-refractivity contribution < 1.29 is 13.2 Å². The minimum absolute atomic E-state index is 0.243. The molecule has 2 rings (SSSR count). The Labute approximate surface area is 118 Å². The second-order valence-electron chi connectivity index (χ2n) is 4.54. The van der Waals surface area contributed by atoms with E-state index in [2.05, 4.69) is 10.3 Å². The smallest absolute Gasteiger partial charge is 0.242 e. The third kappa shape index (κ3) is 3.53. The van der Waals surface area contributed by atoms with Gasteiger partial charge in [-0.3, -0.25) is 5.01 Å². The highest BCUT2D eigenvalue weighted by Crippen LogP contribution is 2.19. The molecule has 1 aliphatic rings. The van der Waals surface area contributed by atoms with Crippen molar-refractivity contribution in [1.82, 2.24) is 9.31 Å². The zero-order valence-corrected chi connectivity index (χ0v) is 12.4. The van der Waals surface area contributed by atoms with E-state index in [1.54, 1.807) is 12.1 Å². The third-order valence-corrected chi connectivity index (χ3v) is 4.72. The van der Waals surface area contributed by atoms with Gasteiger partial charge in [-0.1, -0.05) is 5.22 Å². The predicted molar refractivity (Wildman–Crippen MR) is 74.2 cm³/mol. The highest BCUT2D eigenvalue weighted by molar-refractivity contribution is 7.89. The second-order valence-corrected chi connectivity index (χ2v) is 6.69. The summed E-state index contributed by atoms with van der Waals surface area (Å²) in [5, 5.41) is 10.0. The molecule has 1 saturated heterocycles. The molecular weight excluding hydrogens is 280 g/mol. The normalized spacial score (nSPS) is 17.1. The van der Waals surface area contributed by atoms with Crippen LogP contribution in [-0.2, 0) is 14.8 Å². The molecule has 0 bridgehead atoms. The Morgan fingerprint density at radius 3 is 2.30 bits per heavy atom. The van der Waals surface area contributed by atoms with Crippen LogP contribution in [0.25, 0.3) is 0 Å². The van der Waals surface area contributed by atoms with Crippen LogP contribution in [0.2, 0.25) is 0 Å². The summed E-state index contributed by atoms with van der Waals surface area (Å²) in [6.45, 7) is 2.74. The van der Waals surface area contributed by atoms with Crippen molar-refractivity contribution in [3.63, 3.8) is 0 Å². The lowest BCUT2D eigenvalue weighted by Crippen LogP contribution is -2.31. The summed E-state index contributed by atoms with van der Waals surface area (Å²) in [7, 11) is -0.392. The number of hydrogen-bond donors (Lipinski definition) is 0. The fraction of sp³-hybridized carbons (Fsp3) is 0.500. The van der Waals surface area contributed by atoms with Crippen LogP contribution in [0.3, 0.4) is 0 Å². The summed E-state index contributed by atoms with van der Waals surface area (Å²) in [6, 6.07) is 6.34. The second kappa shape index (κ2) is 6.29. The van der Waals surface area contributed by atoms with E-state index in [1.165, 1.54) is 30.5 Å². The molecule has 20 heavy (non-hydrogen) atoms. The zero-order chi connectivity index (χ0) is 14.6. The first kappa shape index (κ1) is 14.9. The van der Waals surface area contributed by atoms with E-state index in [0.717, 1.165) is 13.1 Å². The maximum absolute atomic E-state index is 11.9. The molecule has 1 aromatic rings. The van der Waals surface area contributed by atoms with Gasteiger partial charge >= 0.3 is 0 Å². The fourth-order valence-electron chi connectivity index (χ4n) is 1.65. The Morgan fingerprint density at radius 1 is 1.15 bits per heavy atom. The molecule has 110 valence electrons. The topological polar surface area (TPSA) is 74.6 Å². The molecule has 0 aromatic heterocycles. The minimum atomic E-state index is -3.39. The number of rotatable bonds is 4. The molecule has 0 atom stereocenters. The first-order valence-corrected chi connectivity index (χ1v) is 7.71. The van der Waals surface area contributed by atoms with Gasteiger partial charge in [0.25, 0.3) is 0 Å². The Morgan fingerprint density at radius 2 is 1.75 bits per heavy atom. The summed E-state index contributed by atoms with van der Waals surface area (Å²) in [4.78, 5) is 0.243. The number of benzene rings is 1. The molecule has 0 spiro atoms. The SMILES string of the molecule is CN(C)S(=O)(=O)c1ccc(N=NN2CCOCC2)cc1. The van der Waals surface area contributed by atoms with Gasteiger partial charge in [-0.25, -0.2) is 12.7 Å². The predicted octanol–water partition coefficient (Wildman–Crippen LogP) is 1.27. The monoisotopic (exact) mass is 298 g/mol. The molecule has 0 saturated carbocycles. The first-order chi connectivity index (χ1) is 9.50. The fourth-order valence-corrected chi connectivity index (χ4v) is 2.56. The van der Waals surface area contributed by atoms with Gasteiger partial charge in [-0.15, -0.1) is 5.11 Å². The number of ether oxygens (including phenoxy) is 1. The quantitative estimate of drug-likeness (QED) is 0.785. The molecule has 0 amide bonds. The Kier molecular flexibility index (Phi) is 4.69. The summed E-state index contributed by atoms with van der Waals surface area (Å²) >= 11 is 0. The Balaban J connectivity index is 2.07. The molecule has 8 heteroatoms.